The largest absolute Gasteiger partial charge is 0.457 e. The topological polar surface area (TPSA) is 136 Å². The molecule has 0 bridgehead atoms. The van der Waals surface area contributed by atoms with Crippen molar-refractivity contribution in [3.63, 3.8) is 0 Å². The van der Waals surface area contributed by atoms with Gasteiger partial charge in [-0.05, 0) is 12.1 Å². The highest BCUT2D eigenvalue weighted by molar-refractivity contribution is 5.99. The summed E-state index contributed by atoms with van der Waals surface area (Å²) in [6, 6.07) is 13.3. The van der Waals surface area contributed by atoms with Crippen molar-refractivity contribution in [2.45, 2.75) is 6.42 Å². The molecule has 1 saturated heterocycles. The molecule has 10 heteroatoms. The lowest BCUT2D eigenvalue weighted by molar-refractivity contribution is -0.384. The minimum Gasteiger partial charge on any atom is -0.457 e. The zero-order valence-corrected chi connectivity index (χ0v) is 15.6. The number of nitro groups is 1. The van der Waals surface area contributed by atoms with Gasteiger partial charge in [0.25, 0.3) is 11.6 Å². The molecule has 1 aliphatic heterocycles. The average Bonchev–Trinajstić information content (AvgIpc) is 3.12. The molecule has 0 aromatic heterocycles. The highest BCUT2D eigenvalue weighted by atomic mass is 16.6. The summed E-state index contributed by atoms with van der Waals surface area (Å²) in [5, 5.41) is 11.8. The molecular formula is C20H17N3O7. The summed E-state index contributed by atoms with van der Waals surface area (Å²) in [7, 11) is 0. The molecule has 1 heterocycles. The second-order valence-corrected chi connectivity index (χ2v) is 6.55. The molecular weight excluding hydrogens is 394 g/mol. The van der Waals surface area contributed by atoms with E-state index in [4.69, 9.17) is 4.74 Å². The van der Waals surface area contributed by atoms with Crippen LogP contribution in [0.15, 0.2) is 54.6 Å². The van der Waals surface area contributed by atoms with Crippen LogP contribution in [-0.2, 0) is 14.3 Å². The van der Waals surface area contributed by atoms with E-state index in [1.54, 1.807) is 30.3 Å². The van der Waals surface area contributed by atoms with E-state index in [1.165, 1.54) is 18.2 Å². The second kappa shape index (κ2) is 8.95. The zero-order valence-electron chi connectivity index (χ0n) is 15.6. The summed E-state index contributed by atoms with van der Waals surface area (Å²) in [4.78, 5) is 58.8. The highest BCUT2D eigenvalue weighted by Crippen LogP contribution is 2.19. The fraction of sp³-hybridized carbons (Fsp3) is 0.200. The van der Waals surface area contributed by atoms with E-state index in [9.17, 15) is 29.3 Å². The monoisotopic (exact) mass is 411 g/mol. The first kappa shape index (κ1) is 20.6. The maximum Gasteiger partial charge on any atom is 0.311 e. The normalized spacial score (nSPS) is 15.5. The molecule has 1 fully saturated rings. The Balaban J connectivity index is 1.53. The summed E-state index contributed by atoms with van der Waals surface area (Å²) < 4.78 is 4.98. The maximum atomic E-state index is 12.2. The van der Waals surface area contributed by atoms with Gasteiger partial charge < -0.3 is 4.74 Å². The van der Waals surface area contributed by atoms with Gasteiger partial charge in [0.2, 0.25) is 11.7 Å². The van der Waals surface area contributed by atoms with Crippen LogP contribution in [0.2, 0.25) is 0 Å². The van der Waals surface area contributed by atoms with Crippen LogP contribution in [0, 0.1) is 16.0 Å². The molecule has 0 spiro atoms. The number of ether oxygens (including phenoxy) is 1. The third-order valence-corrected chi connectivity index (χ3v) is 4.46. The van der Waals surface area contributed by atoms with Crippen molar-refractivity contribution in [3.05, 3.63) is 75.8 Å². The molecule has 0 radical (unpaired) electrons. The standard InChI is InChI=1S/C20H17N3O7/c24-17(14-7-4-8-16(9-14)23(28)29)12-30-20(27)15-10-18(25)22(11-15)21-19(26)13-5-2-1-3-6-13/h1-9,15H,10-12H2,(H,21,26)/t15-/m0/s1. The van der Waals surface area contributed by atoms with Gasteiger partial charge in [0, 0.05) is 29.7 Å². The number of esters is 1. The lowest BCUT2D eigenvalue weighted by Crippen LogP contribution is -2.43. The van der Waals surface area contributed by atoms with Crippen LogP contribution in [0.5, 0.6) is 0 Å². The highest BCUT2D eigenvalue weighted by Gasteiger charge is 2.36. The molecule has 1 N–H and O–H groups in total. The van der Waals surface area contributed by atoms with Crippen molar-refractivity contribution in [3.8, 4) is 0 Å². The van der Waals surface area contributed by atoms with Gasteiger partial charge in [-0.25, -0.2) is 0 Å². The van der Waals surface area contributed by atoms with Crippen molar-refractivity contribution in [1.82, 2.24) is 10.4 Å². The van der Waals surface area contributed by atoms with E-state index in [0.29, 0.717) is 5.56 Å². The average molecular weight is 411 g/mol. The van der Waals surface area contributed by atoms with Crippen molar-refractivity contribution in [1.29, 1.82) is 0 Å². The molecule has 1 aliphatic rings. The van der Waals surface area contributed by atoms with Crippen LogP contribution >= 0.6 is 0 Å². The Kier molecular flexibility index (Phi) is 6.16. The summed E-state index contributed by atoms with van der Waals surface area (Å²) in [6.45, 7) is -0.692. The van der Waals surface area contributed by atoms with Gasteiger partial charge in [-0.1, -0.05) is 30.3 Å². The van der Waals surface area contributed by atoms with Crippen molar-refractivity contribution in [2.75, 3.05) is 13.2 Å². The Morgan fingerprint density at radius 1 is 1.10 bits per heavy atom. The predicted octanol–water partition coefficient (Wildman–Crippen LogP) is 1.51. The number of ketones is 1. The summed E-state index contributed by atoms with van der Waals surface area (Å²) in [5.41, 5.74) is 2.59. The fourth-order valence-electron chi connectivity index (χ4n) is 2.88. The number of carbonyl (C=O) groups excluding carboxylic acids is 4. The number of hydrogen-bond acceptors (Lipinski definition) is 7. The second-order valence-electron chi connectivity index (χ2n) is 6.55. The lowest BCUT2D eigenvalue weighted by Gasteiger charge is -2.17. The molecule has 2 amide bonds. The number of nitrogens with one attached hydrogen (secondary N) is 1. The molecule has 0 aliphatic carbocycles. The van der Waals surface area contributed by atoms with E-state index in [-0.39, 0.29) is 24.2 Å². The van der Waals surface area contributed by atoms with Crippen LogP contribution in [0.4, 0.5) is 5.69 Å². The minimum atomic E-state index is -0.841. The Morgan fingerprint density at radius 3 is 2.50 bits per heavy atom. The van der Waals surface area contributed by atoms with E-state index in [0.717, 1.165) is 11.1 Å². The third kappa shape index (κ3) is 4.85. The smallest absolute Gasteiger partial charge is 0.311 e. The first-order valence-corrected chi connectivity index (χ1v) is 8.96. The van der Waals surface area contributed by atoms with Crippen LogP contribution in [0.3, 0.4) is 0 Å². The van der Waals surface area contributed by atoms with Crippen molar-refractivity contribution in [2.24, 2.45) is 5.92 Å². The molecule has 1 atom stereocenters. The van der Waals surface area contributed by atoms with E-state index < -0.39 is 41.0 Å². The molecule has 2 aromatic rings. The number of benzene rings is 2. The van der Waals surface area contributed by atoms with Gasteiger partial charge in [-0.15, -0.1) is 0 Å². The van der Waals surface area contributed by atoms with Crippen LogP contribution in [-0.4, -0.2) is 46.7 Å². The Labute approximate surface area is 170 Å². The van der Waals surface area contributed by atoms with Gasteiger partial charge in [0.1, 0.15) is 0 Å². The fourth-order valence-corrected chi connectivity index (χ4v) is 2.88. The number of hydrazine groups is 1. The first-order chi connectivity index (χ1) is 14.3. The van der Waals surface area contributed by atoms with Gasteiger partial charge in [-0.2, -0.15) is 0 Å². The molecule has 0 saturated carbocycles. The lowest BCUT2D eigenvalue weighted by atomic mass is 10.1. The molecule has 10 nitrogen and oxygen atoms in total. The SMILES string of the molecule is O=C(COC(=O)[C@H]1CC(=O)N(NC(=O)c2ccccc2)C1)c1cccc([N+](=O)[O-])c1. The number of rotatable bonds is 7. The van der Waals surface area contributed by atoms with Gasteiger partial charge >= 0.3 is 5.97 Å². The number of amides is 2. The number of Topliss-reactive ketones (excluding diaryl/α,β-unsaturated/α-hetero) is 1. The summed E-state index contributed by atoms with van der Waals surface area (Å²) in [6.07, 6.45) is -0.168. The zero-order chi connectivity index (χ0) is 21.7. The molecule has 30 heavy (non-hydrogen) atoms. The van der Waals surface area contributed by atoms with Crippen LogP contribution in [0.25, 0.3) is 0 Å². The Bertz CT molecular complexity index is 1010. The third-order valence-electron chi connectivity index (χ3n) is 4.46. The maximum absolute atomic E-state index is 12.2. The molecule has 2 aromatic carbocycles. The molecule has 0 unspecified atom stereocenters. The quantitative estimate of drug-likeness (QED) is 0.316. The number of nitrogens with zero attached hydrogens (tertiary/aromatic N) is 2. The van der Waals surface area contributed by atoms with E-state index >= 15 is 0 Å². The number of nitro benzene ring substituents is 1. The van der Waals surface area contributed by atoms with Gasteiger partial charge in [0.15, 0.2) is 6.61 Å². The number of carbonyl (C=O) groups is 4. The molecule has 154 valence electrons. The van der Waals surface area contributed by atoms with Gasteiger partial charge in [0.05, 0.1) is 17.4 Å². The summed E-state index contributed by atoms with van der Waals surface area (Å²) >= 11 is 0. The minimum absolute atomic E-state index is 0.0382. The Hall–Kier alpha value is -4.08. The van der Waals surface area contributed by atoms with Crippen molar-refractivity contribution >= 4 is 29.3 Å². The number of non-ortho nitro benzene ring substituents is 1. The van der Waals surface area contributed by atoms with Gasteiger partial charge in [-0.3, -0.25) is 39.7 Å². The van der Waals surface area contributed by atoms with Crippen LogP contribution < -0.4 is 5.43 Å². The first-order valence-electron chi connectivity index (χ1n) is 8.96. The molecule has 3 rings (SSSR count). The van der Waals surface area contributed by atoms with Crippen molar-refractivity contribution < 1.29 is 28.8 Å². The van der Waals surface area contributed by atoms with E-state index in [1.807, 2.05) is 0 Å². The summed E-state index contributed by atoms with van der Waals surface area (Å²) in [5.74, 6) is -3.15. The van der Waals surface area contributed by atoms with Crippen LogP contribution in [0.1, 0.15) is 27.1 Å². The number of hydrogen-bond donors (Lipinski definition) is 1. The Morgan fingerprint density at radius 2 is 1.80 bits per heavy atom. The van der Waals surface area contributed by atoms with E-state index in [2.05, 4.69) is 5.43 Å². The predicted molar refractivity (Wildman–Crippen MR) is 102 cm³/mol.